The smallest absolute Gasteiger partial charge is 0.265 e. The van der Waals surface area contributed by atoms with Gasteiger partial charge in [-0.15, -0.1) is 0 Å². The second kappa shape index (κ2) is 6.27. The van der Waals surface area contributed by atoms with Crippen molar-refractivity contribution in [2.75, 3.05) is 6.54 Å². The van der Waals surface area contributed by atoms with Gasteiger partial charge >= 0.3 is 0 Å². The lowest BCUT2D eigenvalue weighted by molar-refractivity contribution is -0.00270. The Morgan fingerprint density at radius 3 is 2.41 bits per heavy atom. The number of amides is 1. The van der Waals surface area contributed by atoms with Crippen molar-refractivity contribution < 1.29 is 18.7 Å². The molecule has 4 N–H and O–H groups in total. The number of nitrogens with two attached hydrogens (primary N) is 1. The molecular weight excluding hydrogens is 230 g/mol. The summed E-state index contributed by atoms with van der Waals surface area (Å²) in [5.41, 5.74) is 6.60. The standard InChI is InChI=1S/C11H14F2N2O2/c12-10(13)9(16)6-15-11(17)8-3-1-7(5-14)2-4-8/h1-4,9-10,16H,5-6,14H2,(H,15,17). The zero-order chi connectivity index (χ0) is 12.8. The predicted molar refractivity (Wildman–Crippen MR) is 58.7 cm³/mol. The molecule has 1 atom stereocenters. The minimum atomic E-state index is -2.87. The summed E-state index contributed by atoms with van der Waals surface area (Å²) in [6.07, 6.45) is -4.71. The van der Waals surface area contributed by atoms with E-state index in [0.29, 0.717) is 12.1 Å². The molecule has 1 unspecified atom stereocenters. The highest BCUT2D eigenvalue weighted by molar-refractivity contribution is 5.94. The second-order valence-electron chi connectivity index (χ2n) is 3.51. The van der Waals surface area contributed by atoms with Gasteiger partial charge in [0.2, 0.25) is 0 Å². The van der Waals surface area contributed by atoms with E-state index < -0.39 is 25.0 Å². The summed E-state index contributed by atoms with van der Waals surface area (Å²) in [5.74, 6) is -0.506. The number of alkyl halides is 2. The Balaban J connectivity index is 2.52. The van der Waals surface area contributed by atoms with Crippen LogP contribution in [0, 0.1) is 0 Å². The van der Waals surface area contributed by atoms with Crippen LogP contribution in [0.2, 0.25) is 0 Å². The van der Waals surface area contributed by atoms with E-state index in [4.69, 9.17) is 10.8 Å². The van der Waals surface area contributed by atoms with Crippen LogP contribution < -0.4 is 11.1 Å². The molecule has 0 saturated heterocycles. The highest BCUT2D eigenvalue weighted by Gasteiger charge is 2.17. The van der Waals surface area contributed by atoms with E-state index in [2.05, 4.69) is 5.32 Å². The van der Waals surface area contributed by atoms with E-state index in [1.54, 1.807) is 24.3 Å². The van der Waals surface area contributed by atoms with Crippen molar-refractivity contribution in [3.63, 3.8) is 0 Å². The highest BCUT2D eigenvalue weighted by atomic mass is 19.3. The fourth-order valence-corrected chi connectivity index (χ4v) is 1.18. The third kappa shape index (κ3) is 4.08. The predicted octanol–water partition coefficient (Wildman–Crippen LogP) is 0.501. The Labute approximate surface area is 97.4 Å². The molecule has 0 aliphatic heterocycles. The molecule has 1 rings (SSSR count). The molecule has 1 amide bonds. The van der Waals surface area contributed by atoms with Crippen molar-refractivity contribution in [3.8, 4) is 0 Å². The van der Waals surface area contributed by atoms with Gasteiger partial charge in [-0.2, -0.15) is 0 Å². The highest BCUT2D eigenvalue weighted by Crippen LogP contribution is 2.04. The maximum atomic E-state index is 12.0. The molecule has 0 saturated carbocycles. The molecule has 0 aromatic heterocycles. The lowest BCUT2D eigenvalue weighted by Crippen LogP contribution is -2.35. The summed E-state index contributed by atoms with van der Waals surface area (Å²) in [7, 11) is 0. The summed E-state index contributed by atoms with van der Waals surface area (Å²) >= 11 is 0. The van der Waals surface area contributed by atoms with Gasteiger partial charge < -0.3 is 16.2 Å². The number of halogens is 2. The van der Waals surface area contributed by atoms with Gasteiger partial charge in [0.05, 0.1) is 0 Å². The Bertz CT molecular complexity index is 368. The van der Waals surface area contributed by atoms with Gasteiger partial charge in [-0.05, 0) is 17.7 Å². The average molecular weight is 244 g/mol. The maximum Gasteiger partial charge on any atom is 0.265 e. The summed E-state index contributed by atoms with van der Waals surface area (Å²) in [5, 5.41) is 11.0. The van der Waals surface area contributed by atoms with Crippen LogP contribution in [0.1, 0.15) is 15.9 Å². The van der Waals surface area contributed by atoms with Gasteiger partial charge in [-0.1, -0.05) is 12.1 Å². The topological polar surface area (TPSA) is 75.4 Å². The van der Waals surface area contributed by atoms with Crippen molar-refractivity contribution in [2.45, 2.75) is 19.1 Å². The zero-order valence-corrected chi connectivity index (χ0v) is 9.07. The lowest BCUT2D eigenvalue weighted by atomic mass is 10.1. The second-order valence-corrected chi connectivity index (χ2v) is 3.51. The number of hydrogen-bond donors (Lipinski definition) is 3. The first-order valence-electron chi connectivity index (χ1n) is 5.08. The molecule has 0 heterocycles. The van der Waals surface area contributed by atoms with Crippen LogP contribution in [-0.2, 0) is 6.54 Å². The molecule has 4 nitrogen and oxygen atoms in total. The number of nitrogens with one attached hydrogen (secondary N) is 1. The molecule has 94 valence electrons. The first-order chi connectivity index (χ1) is 8.04. The summed E-state index contributed by atoms with van der Waals surface area (Å²) in [6.45, 7) is -0.110. The fourth-order valence-electron chi connectivity index (χ4n) is 1.18. The third-order valence-corrected chi connectivity index (χ3v) is 2.21. The van der Waals surface area contributed by atoms with E-state index in [0.717, 1.165) is 5.56 Å². The van der Waals surface area contributed by atoms with E-state index >= 15 is 0 Å². The summed E-state index contributed by atoms with van der Waals surface area (Å²) in [6, 6.07) is 6.45. The third-order valence-electron chi connectivity index (χ3n) is 2.21. The van der Waals surface area contributed by atoms with E-state index in [1.807, 2.05) is 0 Å². The van der Waals surface area contributed by atoms with Crippen molar-refractivity contribution >= 4 is 5.91 Å². The molecule has 0 radical (unpaired) electrons. The monoisotopic (exact) mass is 244 g/mol. The van der Waals surface area contributed by atoms with Crippen molar-refractivity contribution in [1.82, 2.24) is 5.32 Å². The van der Waals surface area contributed by atoms with Gasteiger partial charge in [0, 0.05) is 18.7 Å². The minimum absolute atomic E-state index is 0.337. The van der Waals surface area contributed by atoms with Crippen LogP contribution in [0.15, 0.2) is 24.3 Å². The lowest BCUT2D eigenvalue weighted by Gasteiger charge is -2.10. The summed E-state index contributed by atoms with van der Waals surface area (Å²) in [4.78, 5) is 11.5. The van der Waals surface area contributed by atoms with Crippen molar-refractivity contribution in [2.24, 2.45) is 5.73 Å². The molecule has 0 aliphatic rings. The van der Waals surface area contributed by atoms with Crippen LogP contribution in [0.25, 0.3) is 0 Å². The van der Waals surface area contributed by atoms with Crippen LogP contribution in [0.5, 0.6) is 0 Å². The minimum Gasteiger partial charge on any atom is -0.385 e. The van der Waals surface area contributed by atoms with Gasteiger partial charge in [0.25, 0.3) is 12.3 Å². The Kier molecular flexibility index (Phi) is 4.99. The normalized spacial score (nSPS) is 12.5. The Morgan fingerprint density at radius 2 is 1.94 bits per heavy atom. The van der Waals surface area contributed by atoms with Crippen LogP contribution in [0.3, 0.4) is 0 Å². The number of aliphatic hydroxyl groups is 1. The number of carbonyl (C=O) groups excluding carboxylic acids is 1. The number of aliphatic hydroxyl groups excluding tert-OH is 1. The number of carbonyl (C=O) groups is 1. The molecule has 0 spiro atoms. The van der Waals surface area contributed by atoms with Gasteiger partial charge in [-0.25, -0.2) is 8.78 Å². The number of benzene rings is 1. The first kappa shape index (κ1) is 13.5. The molecular formula is C11H14F2N2O2. The van der Waals surface area contributed by atoms with Gasteiger partial charge in [-0.3, -0.25) is 4.79 Å². The average Bonchev–Trinajstić information content (AvgIpc) is 2.35. The molecule has 1 aromatic rings. The molecule has 6 heteroatoms. The van der Waals surface area contributed by atoms with E-state index in [1.165, 1.54) is 0 Å². The number of hydrogen-bond acceptors (Lipinski definition) is 3. The Morgan fingerprint density at radius 1 is 1.35 bits per heavy atom. The molecule has 0 bridgehead atoms. The molecule has 17 heavy (non-hydrogen) atoms. The van der Waals surface area contributed by atoms with Gasteiger partial charge in [0.1, 0.15) is 6.10 Å². The summed E-state index contributed by atoms with van der Waals surface area (Å²) < 4.78 is 23.9. The Hall–Kier alpha value is -1.53. The van der Waals surface area contributed by atoms with Crippen molar-refractivity contribution in [3.05, 3.63) is 35.4 Å². The number of rotatable bonds is 5. The van der Waals surface area contributed by atoms with E-state index in [-0.39, 0.29) is 0 Å². The molecule has 0 fully saturated rings. The van der Waals surface area contributed by atoms with Gasteiger partial charge in [0.15, 0.2) is 0 Å². The van der Waals surface area contributed by atoms with Crippen LogP contribution in [-0.4, -0.2) is 30.1 Å². The SMILES string of the molecule is NCc1ccc(C(=O)NCC(O)C(F)F)cc1. The first-order valence-corrected chi connectivity index (χ1v) is 5.08. The van der Waals surface area contributed by atoms with Crippen LogP contribution >= 0.6 is 0 Å². The zero-order valence-electron chi connectivity index (χ0n) is 9.07. The molecule has 1 aromatic carbocycles. The largest absolute Gasteiger partial charge is 0.385 e. The quantitative estimate of drug-likeness (QED) is 0.706. The van der Waals surface area contributed by atoms with Crippen molar-refractivity contribution in [1.29, 1.82) is 0 Å². The fraction of sp³-hybridized carbons (Fsp3) is 0.364. The molecule has 0 aliphatic carbocycles. The van der Waals surface area contributed by atoms with E-state index in [9.17, 15) is 13.6 Å². The van der Waals surface area contributed by atoms with Crippen LogP contribution in [0.4, 0.5) is 8.78 Å². The maximum absolute atomic E-state index is 12.0.